The molecule has 0 bridgehead atoms. The third-order valence-electron chi connectivity index (χ3n) is 3.89. The quantitative estimate of drug-likeness (QED) is 0.564. The molecule has 6 nitrogen and oxygen atoms in total. The average molecular weight is 384 g/mol. The molecule has 4 rings (SSSR count). The van der Waals surface area contributed by atoms with E-state index < -0.39 is 0 Å². The summed E-state index contributed by atoms with van der Waals surface area (Å²) in [6.07, 6.45) is 4.03. The molecule has 0 fully saturated rings. The molecule has 0 aliphatic carbocycles. The van der Waals surface area contributed by atoms with Gasteiger partial charge in [-0.3, -0.25) is 9.20 Å². The van der Waals surface area contributed by atoms with Gasteiger partial charge >= 0.3 is 0 Å². The van der Waals surface area contributed by atoms with Crippen molar-refractivity contribution in [3.8, 4) is 17.0 Å². The molecule has 132 valence electrons. The number of hydrogen-bond donors (Lipinski definition) is 1. The predicted molar refractivity (Wildman–Crippen MR) is 104 cm³/mol. The van der Waals surface area contributed by atoms with Crippen molar-refractivity contribution in [3.63, 3.8) is 0 Å². The maximum Gasteiger partial charge on any atom is 0.232 e. The Morgan fingerprint density at radius 3 is 2.81 bits per heavy atom. The van der Waals surface area contributed by atoms with E-state index in [9.17, 15) is 4.79 Å². The number of methoxy groups -OCH3 is 1. The Morgan fingerprint density at radius 2 is 2.08 bits per heavy atom. The smallest absolute Gasteiger partial charge is 0.232 e. The van der Waals surface area contributed by atoms with E-state index in [0.717, 1.165) is 32.5 Å². The van der Waals surface area contributed by atoms with Gasteiger partial charge in [0.15, 0.2) is 10.1 Å². The van der Waals surface area contributed by atoms with E-state index in [-0.39, 0.29) is 12.3 Å². The van der Waals surface area contributed by atoms with Crippen LogP contribution in [0.2, 0.25) is 0 Å². The SMILES string of the molecule is COc1ccc(-c2nc(NC(=O)Cc3cn4ccsc4n3)sc2C)cc1. The van der Waals surface area contributed by atoms with E-state index >= 15 is 0 Å². The monoisotopic (exact) mass is 384 g/mol. The maximum absolute atomic E-state index is 12.3. The highest BCUT2D eigenvalue weighted by atomic mass is 32.1. The number of anilines is 1. The number of carbonyl (C=O) groups is 1. The van der Waals surface area contributed by atoms with Gasteiger partial charge in [0.25, 0.3) is 0 Å². The van der Waals surface area contributed by atoms with Crippen molar-refractivity contribution in [3.05, 3.63) is 52.6 Å². The number of amides is 1. The Labute approximate surface area is 158 Å². The van der Waals surface area contributed by atoms with Gasteiger partial charge in [0.1, 0.15) is 5.75 Å². The fraction of sp³-hybridized carbons (Fsp3) is 0.167. The minimum absolute atomic E-state index is 0.120. The number of nitrogens with zero attached hydrogens (tertiary/aromatic N) is 3. The van der Waals surface area contributed by atoms with Gasteiger partial charge in [-0.25, -0.2) is 9.97 Å². The van der Waals surface area contributed by atoms with Crippen LogP contribution in [0.15, 0.2) is 42.0 Å². The summed E-state index contributed by atoms with van der Waals surface area (Å²) >= 11 is 3.01. The largest absolute Gasteiger partial charge is 0.497 e. The Bertz CT molecular complexity index is 1030. The van der Waals surface area contributed by atoms with E-state index in [4.69, 9.17) is 4.74 Å². The zero-order valence-electron chi connectivity index (χ0n) is 14.2. The Balaban J connectivity index is 1.47. The van der Waals surface area contributed by atoms with Gasteiger partial charge in [0.2, 0.25) is 5.91 Å². The summed E-state index contributed by atoms with van der Waals surface area (Å²) in [4.78, 5) is 23.3. The number of fused-ring (bicyclic) bond motifs is 1. The number of rotatable bonds is 5. The van der Waals surface area contributed by atoms with Crippen LogP contribution in [0, 0.1) is 6.92 Å². The topological polar surface area (TPSA) is 68.5 Å². The molecule has 0 unspecified atom stereocenters. The summed E-state index contributed by atoms with van der Waals surface area (Å²) in [5.74, 6) is 0.681. The molecule has 1 aromatic carbocycles. The minimum Gasteiger partial charge on any atom is -0.497 e. The zero-order chi connectivity index (χ0) is 18.1. The first-order valence-corrected chi connectivity index (χ1v) is 9.65. The van der Waals surface area contributed by atoms with Crippen LogP contribution in [0.5, 0.6) is 5.75 Å². The Hall–Kier alpha value is -2.71. The second kappa shape index (κ2) is 6.89. The predicted octanol–water partition coefficient (Wildman–Crippen LogP) is 4.02. The lowest BCUT2D eigenvalue weighted by molar-refractivity contribution is -0.115. The number of nitrogens with one attached hydrogen (secondary N) is 1. The van der Waals surface area contributed by atoms with Crippen molar-refractivity contribution < 1.29 is 9.53 Å². The van der Waals surface area contributed by atoms with E-state index in [1.54, 1.807) is 18.4 Å². The van der Waals surface area contributed by atoms with Crippen molar-refractivity contribution in [2.75, 3.05) is 12.4 Å². The first kappa shape index (κ1) is 16.7. The van der Waals surface area contributed by atoms with Crippen LogP contribution in [0.1, 0.15) is 10.6 Å². The van der Waals surface area contributed by atoms with Crippen LogP contribution < -0.4 is 10.1 Å². The van der Waals surface area contributed by atoms with Crippen LogP contribution in [0.25, 0.3) is 16.2 Å². The standard InChI is InChI=1S/C18H16N4O2S2/c1-11-16(12-3-5-14(24-2)6-4-12)21-17(26-11)20-15(23)9-13-10-22-7-8-25-18(22)19-13/h3-8,10H,9H2,1-2H3,(H,20,21,23). The lowest BCUT2D eigenvalue weighted by Gasteiger charge is -2.02. The summed E-state index contributed by atoms with van der Waals surface area (Å²) in [7, 11) is 1.64. The molecule has 1 N–H and O–H groups in total. The lowest BCUT2D eigenvalue weighted by atomic mass is 10.1. The Morgan fingerprint density at radius 1 is 1.27 bits per heavy atom. The van der Waals surface area contributed by atoms with Crippen LogP contribution in [0.4, 0.5) is 5.13 Å². The van der Waals surface area contributed by atoms with Crippen molar-refractivity contribution in [2.45, 2.75) is 13.3 Å². The Kier molecular flexibility index (Phi) is 4.44. The van der Waals surface area contributed by atoms with Gasteiger partial charge in [-0.15, -0.1) is 22.7 Å². The summed E-state index contributed by atoms with van der Waals surface area (Å²) in [5.41, 5.74) is 2.61. The molecule has 0 radical (unpaired) electrons. The number of aromatic nitrogens is 3. The molecular weight excluding hydrogens is 368 g/mol. The molecular formula is C18H16N4O2S2. The van der Waals surface area contributed by atoms with Gasteiger partial charge in [0, 0.05) is 28.2 Å². The highest BCUT2D eigenvalue weighted by Gasteiger charge is 2.14. The summed E-state index contributed by atoms with van der Waals surface area (Å²) < 4.78 is 7.10. The number of ether oxygens (including phenoxy) is 1. The van der Waals surface area contributed by atoms with Gasteiger partial charge in [-0.2, -0.15) is 0 Å². The second-order valence-electron chi connectivity index (χ2n) is 5.70. The third kappa shape index (κ3) is 3.33. The van der Waals surface area contributed by atoms with Crippen molar-refractivity contribution in [2.24, 2.45) is 0 Å². The molecule has 0 aliphatic heterocycles. The summed E-state index contributed by atoms with van der Waals surface area (Å²) in [6, 6.07) is 7.72. The molecule has 8 heteroatoms. The van der Waals surface area contributed by atoms with Crippen molar-refractivity contribution in [1.29, 1.82) is 0 Å². The van der Waals surface area contributed by atoms with Crippen LogP contribution in [-0.4, -0.2) is 27.4 Å². The van der Waals surface area contributed by atoms with Crippen LogP contribution in [0.3, 0.4) is 0 Å². The van der Waals surface area contributed by atoms with Crippen LogP contribution in [-0.2, 0) is 11.2 Å². The second-order valence-corrected chi connectivity index (χ2v) is 7.78. The van der Waals surface area contributed by atoms with Gasteiger partial charge in [0.05, 0.1) is 24.9 Å². The maximum atomic E-state index is 12.3. The lowest BCUT2D eigenvalue weighted by Crippen LogP contribution is -2.14. The molecule has 0 saturated heterocycles. The first-order valence-electron chi connectivity index (χ1n) is 7.95. The van der Waals surface area contributed by atoms with Crippen molar-refractivity contribution in [1.82, 2.24) is 14.4 Å². The number of hydrogen-bond acceptors (Lipinski definition) is 6. The highest BCUT2D eigenvalue weighted by molar-refractivity contribution is 7.16. The fourth-order valence-electron chi connectivity index (χ4n) is 2.66. The van der Waals surface area contributed by atoms with E-state index in [2.05, 4.69) is 15.3 Å². The van der Waals surface area contributed by atoms with Gasteiger partial charge in [-0.1, -0.05) is 0 Å². The summed E-state index contributed by atoms with van der Waals surface area (Å²) in [6.45, 7) is 2.00. The summed E-state index contributed by atoms with van der Waals surface area (Å²) in [5, 5.41) is 5.44. The van der Waals surface area contributed by atoms with Gasteiger partial charge < -0.3 is 10.1 Å². The number of benzene rings is 1. The number of imidazole rings is 1. The fourth-order valence-corrected chi connectivity index (χ4v) is 4.23. The molecule has 1 amide bonds. The molecule has 3 aromatic heterocycles. The van der Waals surface area contributed by atoms with E-state index in [1.165, 1.54) is 11.3 Å². The molecule has 0 spiro atoms. The average Bonchev–Trinajstić information content (AvgIpc) is 3.30. The number of thiazole rings is 2. The zero-order valence-corrected chi connectivity index (χ0v) is 15.9. The third-order valence-corrected chi connectivity index (χ3v) is 5.55. The van der Waals surface area contributed by atoms with Gasteiger partial charge in [-0.05, 0) is 31.2 Å². The molecule has 0 atom stereocenters. The number of aryl methyl sites for hydroxylation is 1. The highest BCUT2D eigenvalue weighted by Crippen LogP contribution is 2.31. The molecule has 0 saturated carbocycles. The molecule has 4 aromatic rings. The van der Waals surface area contributed by atoms with Crippen LogP contribution >= 0.6 is 22.7 Å². The first-order chi connectivity index (χ1) is 12.6. The van der Waals surface area contributed by atoms with E-state index in [1.807, 2.05) is 53.4 Å². The van der Waals surface area contributed by atoms with Crippen molar-refractivity contribution >= 4 is 38.7 Å². The molecule has 0 aliphatic rings. The number of carbonyl (C=O) groups excluding carboxylic acids is 1. The molecule has 26 heavy (non-hydrogen) atoms. The normalized spacial score (nSPS) is 11.0. The minimum atomic E-state index is -0.120. The van der Waals surface area contributed by atoms with E-state index in [0.29, 0.717) is 5.13 Å². The molecule has 3 heterocycles.